The lowest BCUT2D eigenvalue weighted by Gasteiger charge is -2.22. The van der Waals surface area contributed by atoms with Gasteiger partial charge in [-0.25, -0.2) is 8.42 Å². The van der Waals surface area contributed by atoms with Gasteiger partial charge in [-0.15, -0.1) is 13.2 Å². The van der Waals surface area contributed by atoms with Gasteiger partial charge < -0.3 is 4.74 Å². The Morgan fingerprint density at radius 1 is 1.19 bits per heavy atom. The molecule has 0 amide bonds. The van der Waals surface area contributed by atoms with Crippen molar-refractivity contribution in [1.82, 2.24) is 4.31 Å². The second-order valence-corrected chi connectivity index (χ2v) is 6.25. The third-order valence-electron chi connectivity index (χ3n) is 2.81. The van der Waals surface area contributed by atoms with Gasteiger partial charge in [0.1, 0.15) is 10.6 Å². The van der Waals surface area contributed by atoms with Crippen molar-refractivity contribution in [2.24, 2.45) is 0 Å². The molecular weight excluding hydrogens is 307 g/mol. The monoisotopic (exact) mass is 325 g/mol. The van der Waals surface area contributed by atoms with Crippen LogP contribution in [0.1, 0.15) is 26.7 Å². The lowest BCUT2D eigenvalue weighted by atomic mass is 10.3. The quantitative estimate of drug-likeness (QED) is 0.772. The van der Waals surface area contributed by atoms with Crippen LogP contribution in [0.3, 0.4) is 0 Å². The summed E-state index contributed by atoms with van der Waals surface area (Å²) in [5.41, 5.74) is 0. The molecule has 0 atom stereocenters. The average molecular weight is 325 g/mol. The number of ether oxygens (including phenoxy) is 1. The zero-order chi connectivity index (χ0) is 16.1. The molecule has 0 aliphatic carbocycles. The number of alkyl halides is 3. The van der Waals surface area contributed by atoms with Crippen molar-refractivity contribution in [1.29, 1.82) is 0 Å². The standard InChI is InChI=1S/C13H18F3NO3S/c1-3-5-10-17(4-2)21(18,19)12-9-7-6-8-11(12)20-13(14,15)16/h6-9H,3-5,10H2,1-2H3. The molecule has 1 rings (SSSR count). The maximum absolute atomic E-state index is 12.5. The van der Waals surface area contributed by atoms with E-state index in [-0.39, 0.29) is 13.1 Å². The van der Waals surface area contributed by atoms with Gasteiger partial charge in [0.2, 0.25) is 10.0 Å². The summed E-state index contributed by atoms with van der Waals surface area (Å²) in [6.07, 6.45) is -3.52. The summed E-state index contributed by atoms with van der Waals surface area (Å²) < 4.78 is 67.0. The first-order chi connectivity index (χ1) is 9.72. The molecule has 0 saturated heterocycles. The second kappa shape index (κ2) is 7.13. The molecule has 4 nitrogen and oxygen atoms in total. The first-order valence-electron chi connectivity index (χ1n) is 6.57. The van der Waals surface area contributed by atoms with Crippen LogP contribution in [0.5, 0.6) is 5.75 Å². The highest BCUT2D eigenvalue weighted by Crippen LogP contribution is 2.31. The summed E-state index contributed by atoms with van der Waals surface area (Å²) in [5.74, 6) is -0.708. The number of unbranched alkanes of at least 4 members (excludes halogenated alkanes) is 1. The number of para-hydroxylation sites is 1. The fourth-order valence-corrected chi connectivity index (χ4v) is 3.40. The molecular formula is C13H18F3NO3S. The van der Waals surface area contributed by atoms with Gasteiger partial charge in [-0.3, -0.25) is 0 Å². The molecule has 0 spiro atoms. The molecule has 8 heteroatoms. The van der Waals surface area contributed by atoms with E-state index in [4.69, 9.17) is 0 Å². The maximum Gasteiger partial charge on any atom is 0.573 e. The molecule has 0 fully saturated rings. The molecule has 0 aliphatic rings. The molecule has 21 heavy (non-hydrogen) atoms. The first kappa shape index (κ1) is 17.8. The van der Waals surface area contributed by atoms with Crippen molar-refractivity contribution in [3.05, 3.63) is 24.3 Å². The first-order valence-corrected chi connectivity index (χ1v) is 8.01. The Bertz CT molecular complexity index is 558. The Labute approximate surface area is 122 Å². The van der Waals surface area contributed by atoms with Gasteiger partial charge in [-0.2, -0.15) is 4.31 Å². The minimum Gasteiger partial charge on any atom is -0.404 e. The number of benzene rings is 1. The Hall–Kier alpha value is -1.28. The Kier molecular flexibility index (Phi) is 6.03. The van der Waals surface area contributed by atoms with Gasteiger partial charge in [0.15, 0.2) is 0 Å². The number of halogens is 3. The summed E-state index contributed by atoms with van der Waals surface area (Å²) in [6.45, 7) is 3.99. The van der Waals surface area contributed by atoms with Crippen LogP contribution in [-0.2, 0) is 10.0 Å². The van der Waals surface area contributed by atoms with Crippen LogP contribution in [0.2, 0.25) is 0 Å². The van der Waals surface area contributed by atoms with Gasteiger partial charge in [0, 0.05) is 13.1 Å². The summed E-state index contributed by atoms with van der Waals surface area (Å²) in [5, 5.41) is 0. The van der Waals surface area contributed by atoms with Gasteiger partial charge in [0.05, 0.1) is 0 Å². The van der Waals surface area contributed by atoms with Crippen molar-refractivity contribution in [3.63, 3.8) is 0 Å². The lowest BCUT2D eigenvalue weighted by Crippen LogP contribution is -2.32. The van der Waals surface area contributed by atoms with E-state index in [1.165, 1.54) is 12.1 Å². The molecule has 0 bridgehead atoms. The molecule has 0 radical (unpaired) electrons. The third-order valence-corrected chi connectivity index (χ3v) is 4.82. The highest BCUT2D eigenvalue weighted by Gasteiger charge is 2.35. The Balaban J connectivity index is 3.18. The van der Waals surface area contributed by atoms with Crippen molar-refractivity contribution in [2.45, 2.75) is 37.9 Å². The summed E-state index contributed by atoms with van der Waals surface area (Å²) >= 11 is 0. The van der Waals surface area contributed by atoms with Crippen molar-refractivity contribution >= 4 is 10.0 Å². The minimum atomic E-state index is -4.94. The number of sulfonamides is 1. The number of hydrogen-bond donors (Lipinski definition) is 0. The third kappa shape index (κ3) is 4.89. The molecule has 120 valence electrons. The number of rotatable bonds is 7. The highest BCUT2D eigenvalue weighted by molar-refractivity contribution is 7.89. The van der Waals surface area contributed by atoms with E-state index < -0.39 is 27.0 Å². The van der Waals surface area contributed by atoms with Crippen LogP contribution >= 0.6 is 0 Å². The van der Waals surface area contributed by atoms with Crippen molar-refractivity contribution in [2.75, 3.05) is 13.1 Å². The maximum atomic E-state index is 12.5. The van der Waals surface area contributed by atoms with E-state index in [1.54, 1.807) is 6.92 Å². The second-order valence-electron chi connectivity index (χ2n) is 4.34. The summed E-state index contributed by atoms with van der Waals surface area (Å²) in [4.78, 5) is -0.472. The Morgan fingerprint density at radius 2 is 1.81 bits per heavy atom. The minimum absolute atomic E-state index is 0.183. The van der Waals surface area contributed by atoms with Crippen molar-refractivity contribution < 1.29 is 26.3 Å². The van der Waals surface area contributed by atoms with Gasteiger partial charge in [-0.05, 0) is 18.6 Å². The van der Waals surface area contributed by atoms with Crippen LogP contribution < -0.4 is 4.74 Å². The van der Waals surface area contributed by atoms with Gasteiger partial charge in [0.25, 0.3) is 0 Å². The number of nitrogens with zero attached hydrogens (tertiary/aromatic N) is 1. The zero-order valence-electron chi connectivity index (χ0n) is 11.9. The topological polar surface area (TPSA) is 46.6 Å². The fourth-order valence-electron chi connectivity index (χ4n) is 1.79. The molecule has 1 aromatic carbocycles. The lowest BCUT2D eigenvalue weighted by molar-refractivity contribution is -0.275. The van der Waals surface area contributed by atoms with Crippen LogP contribution in [0, 0.1) is 0 Å². The molecule has 0 heterocycles. The zero-order valence-corrected chi connectivity index (χ0v) is 12.7. The van der Waals surface area contributed by atoms with Crippen LogP contribution in [0.25, 0.3) is 0 Å². The molecule has 0 aromatic heterocycles. The van der Waals surface area contributed by atoms with Crippen molar-refractivity contribution in [3.8, 4) is 5.75 Å². The molecule has 0 N–H and O–H groups in total. The van der Waals surface area contributed by atoms with Crippen LogP contribution in [0.4, 0.5) is 13.2 Å². The fraction of sp³-hybridized carbons (Fsp3) is 0.538. The predicted molar refractivity (Wildman–Crippen MR) is 72.5 cm³/mol. The van der Waals surface area contributed by atoms with Crippen LogP contribution in [-0.4, -0.2) is 32.2 Å². The van der Waals surface area contributed by atoms with E-state index >= 15 is 0 Å². The molecule has 1 aromatic rings. The number of hydrogen-bond acceptors (Lipinski definition) is 3. The molecule has 0 aliphatic heterocycles. The largest absolute Gasteiger partial charge is 0.573 e. The van der Waals surface area contributed by atoms with E-state index in [1.807, 2.05) is 6.92 Å². The average Bonchev–Trinajstić information content (AvgIpc) is 2.38. The van der Waals surface area contributed by atoms with E-state index in [0.717, 1.165) is 22.9 Å². The predicted octanol–water partition coefficient (Wildman–Crippen LogP) is 3.40. The SMILES string of the molecule is CCCCN(CC)S(=O)(=O)c1ccccc1OC(F)(F)F. The Morgan fingerprint density at radius 3 is 2.33 bits per heavy atom. The van der Waals surface area contributed by atoms with E-state index in [9.17, 15) is 21.6 Å². The summed E-state index contributed by atoms with van der Waals surface area (Å²) in [6, 6.07) is 4.77. The van der Waals surface area contributed by atoms with Crippen LogP contribution in [0.15, 0.2) is 29.2 Å². The summed E-state index contributed by atoms with van der Waals surface area (Å²) in [7, 11) is -4.02. The van der Waals surface area contributed by atoms with E-state index in [2.05, 4.69) is 4.74 Å². The molecule has 0 unspecified atom stereocenters. The van der Waals surface area contributed by atoms with E-state index in [0.29, 0.717) is 6.42 Å². The smallest absolute Gasteiger partial charge is 0.404 e. The highest BCUT2D eigenvalue weighted by atomic mass is 32.2. The normalized spacial score (nSPS) is 12.7. The molecule has 0 saturated carbocycles. The van der Waals surface area contributed by atoms with Gasteiger partial charge >= 0.3 is 6.36 Å². The van der Waals surface area contributed by atoms with Gasteiger partial charge in [-0.1, -0.05) is 32.4 Å².